The number of hydrogen-bond donors (Lipinski definition) is 0. The van der Waals surface area contributed by atoms with Gasteiger partial charge in [-0.1, -0.05) is 41.9 Å². The number of unbranched alkanes of at least 4 members (excludes halogenated alkanes) is 1. The Balaban J connectivity index is 3.07. The van der Waals surface area contributed by atoms with E-state index in [0.717, 1.165) is 4.58 Å². The second kappa shape index (κ2) is 9.14. The Hall–Kier alpha value is 1.05. The predicted octanol–water partition coefficient (Wildman–Crippen LogP) is 4.27. The van der Waals surface area contributed by atoms with E-state index in [1.54, 1.807) is 0 Å². The highest BCUT2D eigenvalue weighted by Gasteiger charge is 2.03. The molecule has 0 saturated carbocycles. The van der Waals surface area contributed by atoms with Crippen LogP contribution in [-0.4, -0.2) is 16.6 Å². The third kappa shape index (κ3) is 7.41. The van der Waals surface area contributed by atoms with E-state index in [-0.39, 0.29) is 0 Å². The van der Waals surface area contributed by atoms with E-state index in [2.05, 4.69) is 20.1 Å². The Bertz CT molecular complexity index is 71.7. The molecule has 0 aromatic rings. The molecule has 0 amide bonds. The summed E-state index contributed by atoms with van der Waals surface area (Å²) in [5.41, 5.74) is 0. The average Bonchev–Trinajstić information content (AvgIpc) is 2.05. The largest absolute Gasteiger partial charge is 0.150 e. The van der Waals surface area contributed by atoms with Crippen molar-refractivity contribution >= 4 is 33.3 Å². The molecular formula is C8H18S3. The molecule has 0 rings (SSSR count). The summed E-state index contributed by atoms with van der Waals surface area (Å²) in [6.45, 7) is 4.51. The van der Waals surface area contributed by atoms with Gasteiger partial charge in [0.1, 0.15) is 0 Å². The fraction of sp³-hybridized carbons (Fsp3) is 1.00. The molecule has 0 spiro atoms. The zero-order valence-corrected chi connectivity index (χ0v) is 10.1. The van der Waals surface area contributed by atoms with Crippen LogP contribution in [0, 0.1) is 0 Å². The van der Waals surface area contributed by atoms with Gasteiger partial charge in [-0.3, -0.25) is 0 Å². The molecule has 0 heterocycles. The first-order valence-corrected chi connectivity index (χ1v) is 7.83. The molecule has 0 N–H and O–H groups in total. The molecule has 68 valence electrons. The first-order valence-electron chi connectivity index (χ1n) is 4.16. The van der Waals surface area contributed by atoms with Crippen LogP contribution < -0.4 is 0 Å². The fourth-order valence-corrected chi connectivity index (χ4v) is 4.75. The van der Waals surface area contributed by atoms with Crippen LogP contribution in [0.2, 0.25) is 0 Å². The molecule has 1 unspecified atom stereocenters. The molecule has 0 fully saturated rings. The van der Waals surface area contributed by atoms with E-state index in [4.69, 9.17) is 0 Å². The van der Waals surface area contributed by atoms with Crippen molar-refractivity contribution in [3.63, 3.8) is 0 Å². The Morgan fingerprint density at radius 1 is 1.27 bits per heavy atom. The van der Waals surface area contributed by atoms with Gasteiger partial charge in [-0.2, -0.15) is 11.8 Å². The Kier molecular flexibility index (Phi) is 10.0. The van der Waals surface area contributed by atoms with Crippen molar-refractivity contribution < 1.29 is 0 Å². The van der Waals surface area contributed by atoms with Crippen molar-refractivity contribution in [3.05, 3.63) is 0 Å². The second-order valence-electron chi connectivity index (χ2n) is 2.35. The third-order valence-electron chi connectivity index (χ3n) is 1.35. The summed E-state index contributed by atoms with van der Waals surface area (Å²) in [4.78, 5) is 0. The highest BCUT2D eigenvalue weighted by molar-refractivity contribution is 8.78. The summed E-state index contributed by atoms with van der Waals surface area (Å²) in [6.07, 6.45) is 6.17. The van der Waals surface area contributed by atoms with Gasteiger partial charge in [-0.05, 0) is 19.1 Å². The molecule has 0 aromatic heterocycles. The highest BCUT2D eigenvalue weighted by atomic mass is 33.1. The number of thioether (sulfide) groups is 1. The smallest absolute Gasteiger partial charge is 0.0600 e. The lowest BCUT2D eigenvalue weighted by Crippen LogP contribution is -1.89. The zero-order chi connectivity index (χ0) is 8.53. The Morgan fingerprint density at radius 2 is 2.00 bits per heavy atom. The van der Waals surface area contributed by atoms with Gasteiger partial charge in [0, 0.05) is 5.75 Å². The molecule has 0 aliphatic rings. The zero-order valence-electron chi connectivity index (χ0n) is 7.63. The standard InChI is InChI=1S/C8H18S3/c1-4-6-7-10-11-8(5-2)9-3/h8H,4-7H2,1-3H3. The van der Waals surface area contributed by atoms with Crippen molar-refractivity contribution in [2.75, 3.05) is 12.0 Å². The van der Waals surface area contributed by atoms with Crippen molar-refractivity contribution in [3.8, 4) is 0 Å². The van der Waals surface area contributed by atoms with Crippen molar-refractivity contribution in [1.29, 1.82) is 0 Å². The SMILES string of the molecule is CCCCSSC(CC)SC. The summed E-state index contributed by atoms with van der Waals surface area (Å²) in [6, 6.07) is 0. The summed E-state index contributed by atoms with van der Waals surface area (Å²) in [5, 5.41) is 0. The minimum Gasteiger partial charge on any atom is -0.150 e. The van der Waals surface area contributed by atoms with Crippen molar-refractivity contribution in [2.45, 2.75) is 37.7 Å². The molecule has 11 heavy (non-hydrogen) atoms. The van der Waals surface area contributed by atoms with E-state index in [1.165, 1.54) is 25.0 Å². The van der Waals surface area contributed by atoms with Crippen LogP contribution in [0.5, 0.6) is 0 Å². The normalized spacial score (nSPS) is 13.4. The lowest BCUT2D eigenvalue weighted by atomic mass is 10.4. The Labute approximate surface area is 83.1 Å². The van der Waals surface area contributed by atoms with Crippen LogP contribution in [0.3, 0.4) is 0 Å². The molecular weight excluding hydrogens is 192 g/mol. The van der Waals surface area contributed by atoms with Crippen LogP contribution in [-0.2, 0) is 0 Å². The first kappa shape index (κ1) is 12.0. The quantitative estimate of drug-likeness (QED) is 0.350. The van der Waals surface area contributed by atoms with Gasteiger partial charge in [0.05, 0.1) is 4.58 Å². The van der Waals surface area contributed by atoms with Crippen LogP contribution in [0.15, 0.2) is 0 Å². The van der Waals surface area contributed by atoms with Gasteiger partial charge in [-0.25, -0.2) is 0 Å². The van der Waals surface area contributed by atoms with E-state index >= 15 is 0 Å². The maximum absolute atomic E-state index is 2.26. The van der Waals surface area contributed by atoms with E-state index < -0.39 is 0 Å². The lowest BCUT2D eigenvalue weighted by Gasteiger charge is -2.09. The molecule has 0 aliphatic carbocycles. The predicted molar refractivity (Wildman–Crippen MR) is 62.6 cm³/mol. The highest BCUT2D eigenvalue weighted by Crippen LogP contribution is 2.34. The summed E-state index contributed by atoms with van der Waals surface area (Å²) >= 11 is 1.97. The average molecular weight is 210 g/mol. The minimum atomic E-state index is 0.803. The van der Waals surface area contributed by atoms with E-state index in [0.29, 0.717) is 0 Å². The molecule has 3 heteroatoms. The molecule has 0 radical (unpaired) electrons. The Morgan fingerprint density at radius 3 is 2.45 bits per heavy atom. The molecule has 0 aliphatic heterocycles. The van der Waals surface area contributed by atoms with Gasteiger partial charge in [0.25, 0.3) is 0 Å². The van der Waals surface area contributed by atoms with Gasteiger partial charge < -0.3 is 0 Å². The second-order valence-corrected chi connectivity index (χ2v) is 6.37. The molecule has 0 aromatic carbocycles. The minimum absolute atomic E-state index is 0.803. The van der Waals surface area contributed by atoms with Gasteiger partial charge in [-0.15, -0.1) is 0 Å². The van der Waals surface area contributed by atoms with Gasteiger partial charge in [0.15, 0.2) is 0 Å². The van der Waals surface area contributed by atoms with Crippen LogP contribution in [0.1, 0.15) is 33.1 Å². The first-order chi connectivity index (χ1) is 5.35. The number of hydrogen-bond acceptors (Lipinski definition) is 3. The molecule has 1 atom stereocenters. The van der Waals surface area contributed by atoms with Crippen molar-refractivity contribution in [1.82, 2.24) is 0 Å². The maximum Gasteiger partial charge on any atom is 0.0600 e. The van der Waals surface area contributed by atoms with Crippen LogP contribution in [0.25, 0.3) is 0 Å². The van der Waals surface area contributed by atoms with E-state index in [1.807, 2.05) is 33.3 Å². The summed E-state index contributed by atoms with van der Waals surface area (Å²) < 4.78 is 0.803. The monoisotopic (exact) mass is 210 g/mol. The van der Waals surface area contributed by atoms with Crippen molar-refractivity contribution in [2.24, 2.45) is 0 Å². The van der Waals surface area contributed by atoms with Gasteiger partial charge in [0.2, 0.25) is 0 Å². The summed E-state index contributed by atoms with van der Waals surface area (Å²) in [5.74, 6) is 1.32. The third-order valence-corrected chi connectivity index (χ3v) is 6.19. The number of rotatable bonds is 7. The topological polar surface area (TPSA) is 0 Å². The van der Waals surface area contributed by atoms with E-state index in [9.17, 15) is 0 Å². The van der Waals surface area contributed by atoms with Crippen LogP contribution >= 0.6 is 33.3 Å². The van der Waals surface area contributed by atoms with Crippen LogP contribution in [0.4, 0.5) is 0 Å². The fourth-order valence-electron chi connectivity index (χ4n) is 0.601. The lowest BCUT2D eigenvalue weighted by molar-refractivity contribution is 0.898. The molecule has 0 nitrogen and oxygen atoms in total. The van der Waals surface area contributed by atoms with Gasteiger partial charge >= 0.3 is 0 Å². The molecule has 0 bridgehead atoms. The maximum atomic E-state index is 2.26. The molecule has 0 saturated heterocycles. The summed E-state index contributed by atoms with van der Waals surface area (Å²) in [7, 11) is 4.07.